The molecule has 7 heteroatoms. The van der Waals surface area contributed by atoms with E-state index in [1.807, 2.05) is 12.1 Å². The Morgan fingerprint density at radius 1 is 1.07 bits per heavy atom. The van der Waals surface area contributed by atoms with Crippen molar-refractivity contribution in [3.05, 3.63) is 36.5 Å². The van der Waals surface area contributed by atoms with E-state index in [0.717, 1.165) is 69.4 Å². The van der Waals surface area contributed by atoms with Crippen molar-refractivity contribution in [2.75, 3.05) is 43.4 Å². The zero-order chi connectivity index (χ0) is 21.3. The lowest BCUT2D eigenvalue weighted by atomic mass is 10.0. The quantitative estimate of drug-likeness (QED) is 0.730. The molecule has 2 fully saturated rings. The number of aromatic nitrogens is 1. The van der Waals surface area contributed by atoms with Crippen LogP contribution in [0.25, 0.3) is 16.3 Å². The zero-order valence-corrected chi connectivity index (χ0v) is 17.4. The first-order chi connectivity index (χ1) is 14.3. The smallest absolute Gasteiger partial charge is 0.382 e. The lowest BCUT2D eigenvalue weighted by Crippen LogP contribution is -2.36. The fourth-order valence-corrected chi connectivity index (χ4v) is 4.41. The van der Waals surface area contributed by atoms with Crippen LogP contribution in [-0.2, 0) is 0 Å². The van der Waals surface area contributed by atoms with E-state index in [2.05, 4.69) is 33.7 Å². The molecule has 0 radical (unpaired) electrons. The molecule has 0 amide bonds. The van der Waals surface area contributed by atoms with Crippen molar-refractivity contribution in [3.63, 3.8) is 0 Å². The van der Waals surface area contributed by atoms with Gasteiger partial charge in [-0.3, -0.25) is 0 Å². The van der Waals surface area contributed by atoms with Gasteiger partial charge in [0, 0.05) is 35.6 Å². The summed E-state index contributed by atoms with van der Waals surface area (Å²) < 4.78 is 40.7. The monoisotopic (exact) mass is 418 g/mol. The van der Waals surface area contributed by atoms with Crippen LogP contribution in [0.1, 0.15) is 37.8 Å². The Hall–Kier alpha value is -2.28. The Morgan fingerprint density at radius 3 is 2.43 bits per heavy atom. The summed E-state index contributed by atoms with van der Waals surface area (Å²) in [5.41, 5.74) is -0.0747. The number of nitrogens with zero attached hydrogens (tertiary/aromatic N) is 3. The van der Waals surface area contributed by atoms with Gasteiger partial charge >= 0.3 is 6.18 Å². The number of piperidine rings is 2. The van der Waals surface area contributed by atoms with Crippen LogP contribution in [0.2, 0.25) is 0 Å². The van der Waals surface area contributed by atoms with Crippen LogP contribution in [0.4, 0.5) is 24.7 Å². The van der Waals surface area contributed by atoms with Crippen molar-refractivity contribution in [1.82, 2.24) is 9.88 Å². The van der Waals surface area contributed by atoms with Gasteiger partial charge in [0.25, 0.3) is 0 Å². The van der Waals surface area contributed by atoms with Gasteiger partial charge in [-0.2, -0.15) is 13.2 Å². The molecule has 4 nitrogen and oxygen atoms in total. The van der Waals surface area contributed by atoms with E-state index in [1.54, 1.807) is 12.1 Å². The first-order valence-corrected chi connectivity index (χ1v) is 10.7. The summed E-state index contributed by atoms with van der Waals surface area (Å²) in [7, 11) is 2.11. The second-order valence-electron chi connectivity index (χ2n) is 8.48. The van der Waals surface area contributed by atoms with Crippen molar-refractivity contribution in [2.24, 2.45) is 0 Å². The number of hydrogen-bond donors (Lipinski definition) is 1. The second-order valence-corrected chi connectivity index (χ2v) is 8.48. The Bertz CT molecular complexity index is 911. The van der Waals surface area contributed by atoms with Crippen LogP contribution in [0.3, 0.4) is 0 Å². The minimum Gasteiger partial charge on any atom is -0.382 e. The molecule has 1 N–H and O–H groups in total. The third kappa shape index (κ3) is 4.41. The van der Waals surface area contributed by atoms with E-state index in [0.29, 0.717) is 17.2 Å². The predicted molar refractivity (Wildman–Crippen MR) is 117 cm³/mol. The molecule has 30 heavy (non-hydrogen) atoms. The number of nitrogens with one attached hydrogen (secondary N) is 1. The summed E-state index contributed by atoms with van der Waals surface area (Å²) in [5.74, 6) is 0.611. The fourth-order valence-electron chi connectivity index (χ4n) is 4.41. The Labute approximate surface area is 175 Å². The average Bonchev–Trinajstić information content (AvgIpc) is 2.74. The molecule has 2 aliphatic heterocycles. The Balaban J connectivity index is 1.78. The molecule has 162 valence electrons. The number of rotatable bonds is 4. The van der Waals surface area contributed by atoms with Gasteiger partial charge < -0.3 is 15.1 Å². The fraction of sp³-hybridized carbons (Fsp3) is 0.522. The van der Waals surface area contributed by atoms with Crippen molar-refractivity contribution >= 4 is 27.9 Å². The molecule has 1 aromatic carbocycles. The molecule has 0 spiro atoms. The molecule has 3 heterocycles. The molecule has 2 saturated heterocycles. The summed E-state index contributed by atoms with van der Waals surface area (Å²) in [6.07, 6.45) is 0.723. The van der Waals surface area contributed by atoms with Crippen LogP contribution >= 0.6 is 0 Å². The minimum atomic E-state index is -4.52. The number of benzene rings is 1. The number of fused-ring (bicyclic) bond motifs is 1. The van der Waals surface area contributed by atoms with Crippen molar-refractivity contribution in [2.45, 2.75) is 44.3 Å². The van der Waals surface area contributed by atoms with Gasteiger partial charge in [0.2, 0.25) is 0 Å². The van der Waals surface area contributed by atoms with Gasteiger partial charge in [0.15, 0.2) is 0 Å². The number of likely N-dealkylation sites (tertiary alicyclic amines) is 1. The molecule has 0 atom stereocenters. The van der Waals surface area contributed by atoms with Gasteiger partial charge in [0.1, 0.15) is 5.82 Å². The van der Waals surface area contributed by atoms with E-state index in [4.69, 9.17) is 0 Å². The van der Waals surface area contributed by atoms with Gasteiger partial charge in [0.05, 0.1) is 11.3 Å². The predicted octanol–water partition coefficient (Wildman–Crippen LogP) is 5.31. The van der Waals surface area contributed by atoms with Crippen LogP contribution in [0.15, 0.2) is 30.8 Å². The van der Waals surface area contributed by atoms with Crippen molar-refractivity contribution in [1.29, 1.82) is 0 Å². The third-order valence-electron chi connectivity index (χ3n) is 6.25. The molecule has 1 aromatic heterocycles. The number of pyridine rings is 1. The summed E-state index contributed by atoms with van der Waals surface area (Å²) in [5, 5.41) is 4.88. The van der Waals surface area contributed by atoms with Crippen LogP contribution in [0.5, 0.6) is 0 Å². The maximum atomic E-state index is 13.6. The maximum absolute atomic E-state index is 13.6. The summed E-state index contributed by atoms with van der Waals surface area (Å²) in [6.45, 7) is 7.02. The molecule has 4 rings (SSSR count). The second kappa shape index (κ2) is 8.46. The summed E-state index contributed by atoms with van der Waals surface area (Å²) in [4.78, 5) is 8.86. The van der Waals surface area contributed by atoms with Gasteiger partial charge in [-0.05, 0) is 64.4 Å². The molecule has 0 saturated carbocycles. The Morgan fingerprint density at radius 2 is 1.77 bits per heavy atom. The molecule has 0 bridgehead atoms. The highest BCUT2D eigenvalue weighted by atomic mass is 19.4. The highest BCUT2D eigenvalue weighted by molar-refractivity contribution is 6.01. The summed E-state index contributed by atoms with van der Waals surface area (Å²) in [6, 6.07) is 7.74. The topological polar surface area (TPSA) is 31.4 Å². The average molecular weight is 419 g/mol. The standard InChI is InChI=1S/C23H29F3N4/c1-16(23(24,25)26)22-18-7-6-8-20(27-17-9-13-29(2)14-10-17)19(18)15-21(28-22)30-11-4-3-5-12-30/h6-8,15,17,27H,1,3-5,9-14H2,2H3. The largest absolute Gasteiger partial charge is 0.417 e. The number of anilines is 2. The third-order valence-corrected chi connectivity index (χ3v) is 6.25. The first-order valence-electron chi connectivity index (χ1n) is 10.7. The number of alkyl halides is 3. The molecule has 0 aliphatic carbocycles. The number of allylic oxidation sites excluding steroid dienone is 1. The minimum absolute atomic E-state index is 0.0624. The SMILES string of the molecule is C=C(c1nc(N2CCCCC2)cc2c(NC3CCN(C)CC3)cccc12)C(F)(F)F. The number of hydrogen-bond acceptors (Lipinski definition) is 4. The van der Waals surface area contributed by atoms with E-state index >= 15 is 0 Å². The molecular weight excluding hydrogens is 389 g/mol. The van der Waals surface area contributed by atoms with Crippen molar-refractivity contribution < 1.29 is 13.2 Å². The van der Waals surface area contributed by atoms with Crippen LogP contribution in [-0.4, -0.2) is 55.3 Å². The van der Waals surface area contributed by atoms with E-state index in [9.17, 15) is 13.2 Å². The van der Waals surface area contributed by atoms with E-state index in [-0.39, 0.29) is 5.69 Å². The lowest BCUT2D eigenvalue weighted by molar-refractivity contribution is -0.0688. The van der Waals surface area contributed by atoms with Gasteiger partial charge in [-0.1, -0.05) is 18.7 Å². The van der Waals surface area contributed by atoms with Gasteiger partial charge in [-0.25, -0.2) is 4.98 Å². The normalized spacial score (nSPS) is 19.3. The van der Waals surface area contributed by atoms with Crippen molar-refractivity contribution in [3.8, 4) is 0 Å². The number of halogens is 3. The first kappa shape index (κ1) is 21.0. The van der Waals surface area contributed by atoms with E-state index in [1.165, 1.54) is 0 Å². The highest BCUT2D eigenvalue weighted by Crippen LogP contribution is 2.39. The molecule has 2 aromatic rings. The molecule has 2 aliphatic rings. The highest BCUT2D eigenvalue weighted by Gasteiger charge is 2.35. The lowest BCUT2D eigenvalue weighted by Gasteiger charge is -2.31. The Kier molecular flexibility index (Phi) is 5.91. The zero-order valence-electron chi connectivity index (χ0n) is 17.4. The summed E-state index contributed by atoms with van der Waals surface area (Å²) >= 11 is 0. The molecule has 0 unspecified atom stereocenters. The van der Waals surface area contributed by atoms with Gasteiger partial charge in [-0.15, -0.1) is 0 Å². The van der Waals surface area contributed by atoms with Crippen LogP contribution < -0.4 is 10.2 Å². The molecular formula is C23H29F3N4. The maximum Gasteiger partial charge on any atom is 0.417 e. The van der Waals surface area contributed by atoms with Crippen LogP contribution in [0, 0.1) is 0 Å². The van der Waals surface area contributed by atoms with E-state index < -0.39 is 11.7 Å².